The summed E-state index contributed by atoms with van der Waals surface area (Å²) in [6.07, 6.45) is 0.373. The van der Waals surface area contributed by atoms with E-state index in [0.29, 0.717) is 13.0 Å². The van der Waals surface area contributed by atoms with E-state index in [-0.39, 0.29) is 5.54 Å². The molecule has 0 radical (unpaired) electrons. The average Bonchev–Trinajstić information content (AvgIpc) is 2.01. The SMILES string of the molecule is CC(C)(C)N1CCC(C(=O)O)C(=O)N1. The van der Waals surface area contributed by atoms with Crippen LogP contribution in [0, 0.1) is 5.92 Å². The fourth-order valence-electron chi connectivity index (χ4n) is 1.39. The van der Waals surface area contributed by atoms with Crippen LogP contribution in [-0.2, 0) is 9.59 Å². The number of hydrogen-bond acceptors (Lipinski definition) is 3. The van der Waals surface area contributed by atoms with Crippen LogP contribution in [0.1, 0.15) is 27.2 Å². The molecule has 1 heterocycles. The van der Waals surface area contributed by atoms with E-state index in [1.807, 2.05) is 20.8 Å². The van der Waals surface area contributed by atoms with Gasteiger partial charge in [0.1, 0.15) is 5.92 Å². The van der Waals surface area contributed by atoms with E-state index >= 15 is 0 Å². The third-order valence-corrected chi connectivity index (χ3v) is 2.31. The number of aliphatic carboxylic acids is 1. The Morgan fingerprint density at radius 3 is 2.50 bits per heavy atom. The lowest BCUT2D eigenvalue weighted by molar-refractivity contribution is -0.154. The van der Waals surface area contributed by atoms with E-state index in [4.69, 9.17) is 5.11 Å². The fraction of sp³-hybridized carbons (Fsp3) is 0.778. The molecule has 5 nitrogen and oxygen atoms in total. The van der Waals surface area contributed by atoms with Gasteiger partial charge in [0.2, 0.25) is 5.91 Å². The van der Waals surface area contributed by atoms with E-state index in [1.165, 1.54) is 0 Å². The van der Waals surface area contributed by atoms with Gasteiger partial charge in [0.05, 0.1) is 0 Å². The topological polar surface area (TPSA) is 69.6 Å². The molecule has 1 aliphatic heterocycles. The number of carbonyl (C=O) groups excluding carboxylic acids is 1. The number of nitrogens with one attached hydrogen (secondary N) is 1. The summed E-state index contributed by atoms with van der Waals surface area (Å²) in [7, 11) is 0. The standard InChI is InChI=1S/C9H16N2O3/c1-9(2,3)11-5-4-6(8(13)14)7(12)10-11/h6H,4-5H2,1-3H3,(H,10,12)(H,13,14). The lowest BCUT2D eigenvalue weighted by Crippen LogP contribution is -2.59. The number of carboxylic acid groups (broad SMARTS) is 1. The molecule has 14 heavy (non-hydrogen) atoms. The van der Waals surface area contributed by atoms with Crippen molar-refractivity contribution in [3.63, 3.8) is 0 Å². The van der Waals surface area contributed by atoms with Crippen LogP contribution in [0.2, 0.25) is 0 Å². The number of nitrogens with zero attached hydrogens (tertiary/aromatic N) is 1. The van der Waals surface area contributed by atoms with Crippen LogP contribution in [-0.4, -0.2) is 34.1 Å². The zero-order chi connectivity index (χ0) is 10.9. The number of rotatable bonds is 1. The van der Waals surface area contributed by atoms with E-state index < -0.39 is 17.8 Å². The van der Waals surface area contributed by atoms with E-state index in [1.54, 1.807) is 5.01 Å². The maximum Gasteiger partial charge on any atom is 0.316 e. The third kappa shape index (κ3) is 2.23. The van der Waals surface area contributed by atoms with E-state index in [2.05, 4.69) is 5.43 Å². The maximum atomic E-state index is 11.4. The lowest BCUT2D eigenvalue weighted by Gasteiger charge is -2.39. The second kappa shape index (κ2) is 3.57. The van der Waals surface area contributed by atoms with Gasteiger partial charge in [-0.15, -0.1) is 0 Å². The van der Waals surface area contributed by atoms with E-state index in [9.17, 15) is 9.59 Å². The minimum absolute atomic E-state index is 0.168. The van der Waals surface area contributed by atoms with Crippen LogP contribution in [0.3, 0.4) is 0 Å². The number of carbonyl (C=O) groups is 2. The minimum Gasteiger partial charge on any atom is -0.481 e. The molecule has 1 amide bonds. The normalized spacial score (nSPS) is 24.5. The Balaban J connectivity index is 2.65. The molecule has 1 rings (SSSR count). The van der Waals surface area contributed by atoms with Crippen molar-refractivity contribution >= 4 is 11.9 Å². The van der Waals surface area contributed by atoms with Crippen LogP contribution >= 0.6 is 0 Å². The van der Waals surface area contributed by atoms with Gasteiger partial charge in [0, 0.05) is 12.1 Å². The van der Waals surface area contributed by atoms with Crippen LogP contribution < -0.4 is 5.43 Å². The Morgan fingerprint density at radius 2 is 2.14 bits per heavy atom. The molecule has 0 bridgehead atoms. The lowest BCUT2D eigenvalue weighted by atomic mass is 10.00. The van der Waals surface area contributed by atoms with Gasteiger partial charge in [-0.05, 0) is 27.2 Å². The molecule has 0 aromatic heterocycles. The molecule has 1 atom stereocenters. The molecule has 0 aliphatic carbocycles. The number of carboxylic acids is 1. The summed E-state index contributed by atoms with van der Waals surface area (Å²) >= 11 is 0. The van der Waals surface area contributed by atoms with Gasteiger partial charge in [-0.2, -0.15) is 0 Å². The zero-order valence-corrected chi connectivity index (χ0v) is 8.70. The van der Waals surface area contributed by atoms with Gasteiger partial charge in [-0.1, -0.05) is 0 Å². The highest BCUT2D eigenvalue weighted by atomic mass is 16.4. The summed E-state index contributed by atoms with van der Waals surface area (Å²) in [6, 6.07) is 0. The number of amides is 1. The predicted molar refractivity (Wildman–Crippen MR) is 50.3 cm³/mol. The molecule has 5 heteroatoms. The summed E-state index contributed by atoms with van der Waals surface area (Å²) in [5, 5.41) is 10.5. The van der Waals surface area contributed by atoms with Gasteiger partial charge in [0.25, 0.3) is 0 Å². The average molecular weight is 200 g/mol. The summed E-state index contributed by atoms with van der Waals surface area (Å²) in [6.45, 7) is 6.48. The highest BCUT2D eigenvalue weighted by Gasteiger charge is 2.35. The van der Waals surface area contributed by atoms with Crippen molar-refractivity contribution in [2.75, 3.05) is 6.54 Å². The highest BCUT2D eigenvalue weighted by Crippen LogP contribution is 2.18. The molecule has 1 aliphatic rings. The van der Waals surface area contributed by atoms with Crippen molar-refractivity contribution in [3.05, 3.63) is 0 Å². The van der Waals surface area contributed by atoms with E-state index in [0.717, 1.165) is 0 Å². The first-order valence-corrected chi connectivity index (χ1v) is 4.63. The van der Waals surface area contributed by atoms with Gasteiger partial charge in [-0.25, -0.2) is 5.01 Å². The summed E-state index contributed by atoms with van der Waals surface area (Å²) < 4.78 is 0. The second-order valence-corrected chi connectivity index (χ2v) is 4.48. The molecule has 1 saturated heterocycles. The Morgan fingerprint density at radius 1 is 1.57 bits per heavy atom. The molecule has 0 saturated carbocycles. The Kier molecular flexibility index (Phi) is 2.80. The number of hydrazine groups is 1. The predicted octanol–water partition coefficient (Wildman–Crippen LogP) is 0.223. The van der Waals surface area contributed by atoms with Crippen molar-refractivity contribution in [2.45, 2.75) is 32.7 Å². The van der Waals surface area contributed by atoms with Crippen molar-refractivity contribution in [3.8, 4) is 0 Å². The first-order chi connectivity index (χ1) is 6.32. The van der Waals surface area contributed by atoms with Gasteiger partial charge >= 0.3 is 5.97 Å². The molecule has 1 fully saturated rings. The van der Waals surface area contributed by atoms with Crippen molar-refractivity contribution < 1.29 is 14.7 Å². The molecular weight excluding hydrogens is 184 g/mol. The fourth-order valence-corrected chi connectivity index (χ4v) is 1.39. The van der Waals surface area contributed by atoms with Crippen LogP contribution in [0.15, 0.2) is 0 Å². The molecule has 0 aromatic rings. The molecular formula is C9H16N2O3. The summed E-state index contributed by atoms with van der Waals surface area (Å²) in [4.78, 5) is 22.0. The molecule has 80 valence electrons. The Hall–Kier alpha value is -1.10. The number of hydrogen-bond donors (Lipinski definition) is 2. The Labute approximate surface area is 83.1 Å². The van der Waals surface area contributed by atoms with Gasteiger partial charge in [0.15, 0.2) is 0 Å². The first-order valence-electron chi connectivity index (χ1n) is 4.63. The smallest absolute Gasteiger partial charge is 0.316 e. The summed E-state index contributed by atoms with van der Waals surface area (Å²) in [5.41, 5.74) is 2.43. The van der Waals surface area contributed by atoms with Gasteiger partial charge in [-0.3, -0.25) is 15.0 Å². The van der Waals surface area contributed by atoms with Crippen LogP contribution in [0.25, 0.3) is 0 Å². The van der Waals surface area contributed by atoms with Gasteiger partial charge < -0.3 is 5.11 Å². The minimum atomic E-state index is -1.05. The summed E-state index contributed by atoms with van der Waals surface area (Å²) in [5.74, 6) is -2.36. The molecule has 2 N–H and O–H groups in total. The monoisotopic (exact) mass is 200 g/mol. The largest absolute Gasteiger partial charge is 0.481 e. The third-order valence-electron chi connectivity index (χ3n) is 2.31. The highest BCUT2D eigenvalue weighted by molar-refractivity contribution is 5.97. The van der Waals surface area contributed by atoms with Crippen molar-refractivity contribution in [1.82, 2.24) is 10.4 Å². The first kappa shape index (κ1) is 11.0. The Bertz CT molecular complexity index is 257. The zero-order valence-electron chi connectivity index (χ0n) is 8.70. The maximum absolute atomic E-state index is 11.4. The second-order valence-electron chi connectivity index (χ2n) is 4.48. The van der Waals surface area contributed by atoms with Crippen LogP contribution in [0.4, 0.5) is 0 Å². The molecule has 0 spiro atoms. The van der Waals surface area contributed by atoms with Crippen molar-refractivity contribution in [2.24, 2.45) is 5.92 Å². The van der Waals surface area contributed by atoms with Crippen LogP contribution in [0.5, 0.6) is 0 Å². The molecule has 0 aromatic carbocycles. The molecule has 1 unspecified atom stereocenters. The quantitative estimate of drug-likeness (QED) is 0.594. The van der Waals surface area contributed by atoms with Crippen molar-refractivity contribution in [1.29, 1.82) is 0 Å².